The highest BCUT2D eigenvalue weighted by Gasteiger charge is 2.59. The van der Waals surface area contributed by atoms with E-state index in [0.717, 1.165) is 0 Å². The van der Waals surface area contributed by atoms with Crippen LogP contribution >= 0.6 is 0 Å². The first kappa shape index (κ1) is 29.1. The molecule has 12 heteroatoms. The van der Waals surface area contributed by atoms with Crippen LogP contribution in [0, 0.1) is 46.4 Å². The Morgan fingerprint density at radius 3 is 2.43 bits per heavy atom. The summed E-state index contributed by atoms with van der Waals surface area (Å²) in [7, 11) is 0. The quantitative estimate of drug-likeness (QED) is 0.246. The molecule has 0 radical (unpaired) electrons. The molecule has 1 saturated carbocycles. The minimum Gasteiger partial charge on any atom is -0.383 e. The lowest BCUT2D eigenvalue weighted by Crippen LogP contribution is -2.45. The van der Waals surface area contributed by atoms with Crippen LogP contribution in [0.2, 0.25) is 0 Å². The Morgan fingerprint density at radius 1 is 1.12 bits per heavy atom. The molecular weight excluding hydrogens is 543 g/mol. The largest absolute Gasteiger partial charge is 0.383 e. The molecule has 2 aromatic heterocycles. The van der Waals surface area contributed by atoms with Gasteiger partial charge in [-0.2, -0.15) is 20.0 Å². The first-order valence-electron chi connectivity index (χ1n) is 13.7. The van der Waals surface area contributed by atoms with Gasteiger partial charge in [-0.3, -0.25) is 10.4 Å². The van der Waals surface area contributed by atoms with Gasteiger partial charge in [0.05, 0.1) is 34.9 Å². The fourth-order valence-electron chi connectivity index (χ4n) is 5.56. The Balaban J connectivity index is 1.67. The molecule has 0 saturated heterocycles. The first-order valence-corrected chi connectivity index (χ1v) is 13.7. The van der Waals surface area contributed by atoms with Gasteiger partial charge < -0.3 is 10.6 Å². The zero-order valence-electron chi connectivity index (χ0n) is 23.9. The summed E-state index contributed by atoms with van der Waals surface area (Å²) in [6.07, 6.45) is -0.308. The maximum Gasteiger partial charge on any atom is 0.244 e. The van der Waals surface area contributed by atoms with Crippen LogP contribution in [-0.4, -0.2) is 35.0 Å². The fourth-order valence-corrected chi connectivity index (χ4v) is 5.56. The van der Waals surface area contributed by atoms with E-state index in [0.29, 0.717) is 58.5 Å². The highest BCUT2D eigenvalue weighted by Crippen LogP contribution is 2.58. The molecule has 2 unspecified atom stereocenters. The van der Waals surface area contributed by atoms with E-state index in [-0.39, 0.29) is 23.9 Å². The molecule has 3 aromatic rings. The van der Waals surface area contributed by atoms with Crippen LogP contribution in [0.5, 0.6) is 0 Å². The SMILES string of the molecule is Cc1nc(F)ccc1C(Nc1cc(C#N)c2ncc(C#N)c(NCC(C)(C)C)c2c1)C1(CC2(C(F)F)CC2)CNN=N1. The van der Waals surface area contributed by atoms with Crippen molar-refractivity contribution in [2.75, 3.05) is 23.7 Å². The molecule has 0 spiro atoms. The van der Waals surface area contributed by atoms with Crippen molar-refractivity contribution in [3.05, 3.63) is 58.8 Å². The van der Waals surface area contributed by atoms with Crippen molar-refractivity contribution in [1.82, 2.24) is 15.4 Å². The average molecular weight is 576 g/mol. The number of aromatic nitrogens is 2. The molecule has 3 heterocycles. The predicted molar refractivity (Wildman–Crippen MR) is 152 cm³/mol. The Morgan fingerprint density at radius 2 is 1.86 bits per heavy atom. The van der Waals surface area contributed by atoms with Crippen LogP contribution < -0.4 is 16.1 Å². The number of pyridine rings is 2. The van der Waals surface area contributed by atoms with Crippen LogP contribution in [0.1, 0.15) is 68.5 Å². The normalized spacial score (nSPS) is 19.7. The predicted octanol–water partition coefficient (Wildman–Crippen LogP) is 6.58. The van der Waals surface area contributed by atoms with Gasteiger partial charge in [0.2, 0.25) is 12.4 Å². The zero-order valence-corrected chi connectivity index (χ0v) is 23.9. The topological polar surface area (TPSA) is 134 Å². The van der Waals surface area contributed by atoms with Crippen LogP contribution in [0.25, 0.3) is 10.9 Å². The maximum atomic E-state index is 14.2. The summed E-state index contributed by atoms with van der Waals surface area (Å²) in [5.41, 5.74) is 3.36. The van der Waals surface area contributed by atoms with E-state index in [9.17, 15) is 23.7 Å². The van der Waals surface area contributed by atoms with Gasteiger partial charge in [0.15, 0.2) is 0 Å². The monoisotopic (exact) mass is 575 g/mol. The standard InChI is InChI=1S/C30H32F3N9/c1-17-21(5-6-23(31)39-17)26(30(16-38-42-41-30)14-29(7-8-29)27(32)33)40-20-9-18(11-34)24-22(10-20)25(19(12-35)13-36-24)37-15-28(2,3)4/h5-6,9-10,13,26-27,40H,7-8,14-16H2,1-4H3,(H,36,37)(H,38,41). The van der Waals surface area contributed by atoms with E-state index in [4.69, 9.17) is 0 Å². The van der Waals surface area contributed by atoms with Crippen LogP contribution in [0.15, 0.2) is 40.8 Å². The highest BCUT2D eigenvalue weighted by molar-refractivity contribution is 5.99. The molecule has 1 aliphatic heterocycles. The van der Waals surface area contributed by atoms with Crippen molar-refractivity contribution in [3.63, 3.8) is 0 Å². The molecule has 2 aliphatic rings. The lowest BCUT2D eigenvalue weighted by atomic mass is 9.77. The number of fused-ring (bicyclic) bond motifs is 1. The molecule has 1 aliphatic carbocycles. The molecule has 0 amide bonds. The summed E-state index contributed by atoms with van der Waals surface area (Å²) >= 11 is 0. The first-order chi connectivity index (χ1) is 19.9. The summed E-state index contributed by atoms with van der Waals surface area (Å²) in [6, 6.07) is 9.81. The Kier molecular flexibility index (Phi) is 7.44. The lowest BCUT2D eigenvalue weighted by Gasteiger charge is -2.37. The van der Waals surface area contributed by atoms with Crippen molar-refractivity contribution in [2.24, 2.45) is 21.2 Å². The summed E-state index contributed by atoms with van der Waals surface area (Å²) in [5, 5.41) is 35.7. The van der Waals surface area contributed by atoms with Gasteiger partial charge in [-0.05, 0) is 55.4 Å². The van der Waals surface area contributed by atoms with Crippen molar-refractivity contribution >= 4 is 22.3 Å². The summed E-state index contributed by atoms with van der Waals surface area (Å²) in [5.74, 6) is -0.663. The number of hydrogen-bond acceptors (Lipinski definition) is 9. The van der Waals surface area contributed by atoms with Gasteiger partial charge in [0.25, 0.3) is 0 Å². The Bertz CT molecular complexity index is 1630. The molecule has 218 valence electrons. The van der Waals surface area contributed by atoms with E-state index in [2.05, 4.69) is 69.3 Å². The number of nitrogens with zero attached hydrogens (tertiary/aromatic N) is 6. The average Bonchev–Trinajstić information content (AvgIpc) is 3.57. The van der Waals surface area contributed by atoms with Crippen LogP contribution in [0.4, 0.5) is 24.5 Å². The van der Waals surface area contributed by atoms with E-state index < -0.39 is 29.4 Å². The number of alkyl halides is 2. The molecule has 5 rings (SSSR count). The van der Waals surface area contributed by atoms with Gasteiger partial charge >= 0.3 is 0 Å². The number of halogens is 3. The minimum absolute atomic E-state index is 0.0415. The second kappa shape index (κ2) is 10.8. The molecule has 42 heavy (non-hydrogen) atoms. The van der Waals surface area contributed by atoms with Crippen molar-refractivity contribution in [3.8, 4) is 12.1 Å². The zero-order chi connectivity index (χ0) is 30.3. The molecule has 9 nitrogen and oxygen atoms in total. The third-order valence-electron chi connectivity index (χ3n) is 7.98. The van der Waals surface area contributed by atoms with E-state index in [1.807, 2.05) is 0 Å². The fraction of sp³-hybridized carbons (Fsp3) is 0.467. The molecule has 0 bridgehead atoms. The smallest absolute Gasteiger partial charge is 0.244 e. The third kappa shape index (κ3) is 5.54. The van der Waals surface area contributed by atoms with Gasteiger partial charge in [0, 0.05) is 34.9 Å². The van der Waals surface area contributed by atoms with Crippen molar-refractivity contribution in [2.45, 2.75) is 65.0 Å². The number of nitriles is 2. The second-order valence-corrected chi connectivity index (χ2v) is 12.5. The molecular formula is C30H32F3N9. The minimum atomic E-state index is -2.53. The summed E-state index contributed by atoms with van der Waals surface area (Å²) in [4.78, 5) is 8.40. The number of nitrogens with one attached hydrogen (secondary N) is 3. The van der Waals surface area contributed by atoms with Crippen LogP contribution in [0.3, 0.4) is 0 Å². The third-order valence-corrected chi connectivity index (χ3v) is 7.98. The van der Waals surface area contributed by atoms with E-state index >= 15 is 0 Å². The van der Waals surface area contributed by atoms with E-state index in [1.54, 1.807) is 25.1 Å². The van der Waals surface area contributed by atoms with Gasteiger partial charge in [0.1, 0.15) is 17.7 Å². The lowest BCUT2D eigenvalue weighted by molar-refractivity contribution is 0.0408. The van der Waals surface area contributed by atoms with Gasteiger partial charge in [-0.1, -0.05) is 32.1 Å². The molecule has 1 fully saturated rings. The highest BCUT2D eigenvalue weighted by atomic mass is 19.3. The van der Waals surface area contributed by atoms with E-state index in [1.165, 1.54) is 12.3 Å². The Labute approximate surface area is 242 Å². The van der Waals surface area contributed by atoms with Crippen LogP contribution in [-0.2, 0) is 0 Å². The maximum absolute atomic E-state index is 14.2. The van der Waals surface area contributed by atoms with Gasteiger partial charge in [-0.25, -0.2) is 13.8 Å². The van der Waals surface area contributed by atoms with Gasteiger partial charge in [-0.15, -0.1) is 0 Å². The molecule has 1 aromatic carbocycles. The summed E-state index contributed by atoms with van der Waals surface area (Å²) in [6.45, 7) is 8.55. The molecule has 2 atom stereocenters. The van der Waals surface area contributed by atoms with Crippen molar-refractivity contribution < 1.29 is 13.2 Å². The summed E-state index contributed by atoms with van der Waals surface area (Å²) < 4.78 is 42.5. The number of aryl methyl sites for hydroxylation is 1. The second-order valence-electron chi connectivity index (χ2n) is 12.5. The molecule has 3 N–H and O–H groups in total. The number of hydrogen-bond donors (Lipinski definition) is 3. The number of benzene rings is 1. The van der Waals surface area contributed by atoms with Crippen molar-refractivity contribution in [1.29, 1.82) is 10.5 Å². The Hall–Kier alpha value is -4.45. The number of rotatable bonds is 9. The number of anilines is 2.